The van der Waals surface area contributed by atoms with E-state index in [1.54, 1.807) is 23.4 Å². The van der Waals surface area contributed by atoms with Crippen LogP contribution in [0.4, 0.5) is 4.79 Å². The number of nitrogens with zero attached hydrogens (tertiary/aromatic N) is 2. The first-order valence-electron chi connectivity index (χ1n) is 5.77. The van der Waals surface area contributed by atoms with Crippen LogP contribution in [0.5, 0.6) is 0 Å². The lowest BCUT2D eigenvalue weighted by Gasteiger charge is -2.14. The molecule has 0 saturated carbocycles. The number of carbonyl (C=O) groups is 1. The molecule has 0 spiro atoms. The monoisotopic (exact) mass is 248 g/mol. The van der Waals surface area contributed by atoms with Gasteiger partial charge in [-0.2, -0.15) is 5.10 Å². The van der Waals surface area contributed by atoms with E-state index in [9.17, 15) is 4.79 Å². The molecule has 6 nitrogen and oxygen atoms in total. The van der Waals surface area contributed by atoms with E-state index in [4.69, 9.17) is 4.42 Å². The summed E-state index contributed by atoms with van der Waals surface area (Å²) in [4.78, 5) is 11.6. The Bertz CT molecular complexity index is 464. The van der Waals surface area contributed by atoms with Crippen molar-refractivity contribution in [3.8, 4) is 0 Å². The highest BCUT2D eigenvalue weighted by Crippen LogP contribution is 1.98. The largest absolute Gasteiger partial charge is 0.472 e. The van der Waals surface area contributed by atoms with Gasteiger partial charge in [-0.1, -0.05) is 0 Å². The van der Waals surface area contributed by atoms with Gasteiger partial charge in [0.2, 0.25) is 0 Å². The minimum absolute atomic E-state index is 0.00856. The molecule has 18 heavy (non-hydrogen) atoms. The topological polar surface area (TPSA) is 72.1 Å². The van der Waals surface area contributed by atoms with Crippen molar-refractivity contribution in [3.63, 3.8) is 0 Å². The molecule has 0 aromatic carbocycles. The highest BCUT2D eigenvalue weighted by molar-refractivity contribution is 5.74. The van der Waals surface area contributed by atoms with Gasteiger partial charge in [0.05, 0.1) is 19.1 Å². The van der Waals surface area contributed by atoms with E-state index >= 15 is 0 Å². The normalized spacial score (nSPS) is 12.1. The fraction of sp³-hybridized carbons (Fsp3) is 0.333. The molecule has 0 saturated heterocycles. The van der Waals surface area contributed by atoms with Gasteiger partial charge in [0.1, 0.15) is 0 Å². The van der Waals surface area contributed by atoms with E-state index < -0.39 is 0 Å². The van der Waals surface area contributed by atoms with Gasteiger partial charge < -0.3 is 15.1 Å². The van der Waals surface area contributed by atoms with Gasteiger partial charge in [-0.15, -0.1) is 0 Å². The summed E-state index contributed by atoms with van der Waals surface area (Å²) in [7, 11) is 0. The van der Waals surface area contributed by atoms with Gasteiger partial charge in [0, 0.05) is 30.5 Å². The Labute approximate surface area is 105 Å². The molecule has 0 aliphatic heterocycles. The van der Waals surface area contributed by atoms with Crippen molar-refractivity contribution in [2.24, 2.45) is 0 Å². The number of hydrogen-bond acceptors (Lipinski definition) is 3. The second-order valence-electron chi connectivity index (χ2n) is 4.09. The van der Waals surface area contributed by atoms with Crippen molar-refractivity contribution >= 4 is 6.03 Å². The van der Waals surface area contributed by atoms with E-state index in [1.807, 2.05) is 25.3 Å². The number of furan rings is 1. The standard InChI is InChI=1S/C12H16N4O2/c1-10(8-16-5-2-4-14-16)15-12(17)13-7-11-3-6-18-9-11/h2-6,9-10H,7-8H2,1H3,(H2,13,15,17)/t10-/m1/s1. The lowest BCUT2D eigenvalue weighted by atomic mass is 10.3. The average Bonchev–Trinajstić information content (AvgIpc) is 2.98. The number of rotatable bonds is 5. The highest BCUT2D eigenvalue weighted by atomic mass is 16.3. The van der Waals surface area contributed by atoms with Crippen LogP contribution in [0.1, 0.15) is 12.5 Å². The fourth-order valence-electron chi connectivity index (χ4n) is 1.59. The number of urea groups is 1. The third kappa shape index (κ3) is 3.65. The molecule has 2 rings (SSSR count). The van der Waals surface area contributed by atoms with E-state index in [1.165, 1.54) is 0 Å². The predicted molar refractivity (Wildman–Crippen MR) is 65.8 cm³/mol. The van der Waals surface area contributed by atoms with E-state index in [0.717, 1.165) is 5.56 Å². The molecule has 96 valence electrons. The Balaban J connectivity index is 1.70. The second kappa shape index (κ2) is 5.90. The van der Waals surface area contributed by atoms with Crippen LogP contribution >= 0.6 is 0 Å². The first kappa shape index (κ1) is 12.2. The first-order chi connectivity index (χ1) is 8.74. The summed E-state index contributed by atoms with van der Waals surface area (Å²) in [6.45, 7) is 3.03. The summed E-state index contributed by atoms with van der Waals surface area (Å²) < 4.78 is 6.69. The summed E-state index contributed by atoms with van der Waals surface area (Å²) in [5, 5.41) is 9.68. The third-order valence-electron chi connectivity index (χ3n) is 2.43. The molecule has 2 aromatic rings. The van der Waals surface area contributed by atoms with Crippen molar-refractivity contribution in [1.29, 1.82) is 0 Å². The molecule has 2 heterocycles. The van der Waals surface area contributed by atoms with Crippen LogP contribution < -0.4 is 10.6 Å². The van der Waals surface area contributed by atoms with Crippen molar-refractivity contribution in [2.45, 2.75) is 26.1 Å². The second-order valence-corrected chi connectivity index (χ2v) is 4.09. The molecule has 6 heteroatoms. The predicted octanol–water partition coefficient (Wildman–Crippen LogP) is 1.36. The van der Waals surface area contributed by atoms with Crippen LogP contribution in [0, 0.1) is 0 Å². The minimum Gasteiger partial charge on any atom is -0.472 e. The molecular formula is C12H16N4O2. The maximum atomic E-state index is 11.6. The van der Waals surface area contributed by atoms with Crippen LogP contribution in [0.15, 0.2) is 41.5 Å². The van der Waals surface area contributed by atoms with Crippen molar-refractivity contribution < 1.29 is 9.21 Å². The number of nitrogens with one attached hydrogen (secondary N) is 2. The SMILES string of the molecule is C[C@H](Cn1cccn1)NC(=O)NCc1ccoc1. The van der Waals surface area contributed by atoms with Gasteiger partial charge in [-0.05, 0) is 19.1 Å². The molecular weight excluding hydrogens is 232 g/mol. The molecule has 2 amide bonds. The molecule has 0 radical (unpaired) electrons. The first-order valence-corrected chi connectivity index (χ1v) is 5.77. The molecule has 0 fully saturated rings. The number of hydrogen-bond donors (Lipinski definition) is 2. The zero-order valence-electron chi connectivity index (χ0n) is 10.2. The smallest absolute Gasteiger partial charge is 0.315 e. The van der Waals surface area contributed by atoms with Crippen molar-refractivity contribution in [3.05, 3.63) is 42.6 Å². The zero-order chi connectivity index (χ0) is 12.8. The van der Waals surface area contributed by atoms with Gasteiger partial charge >= 0.3 is 6.03 Å². The van der Waals surface area contributed by atoms with Crippen LogP contribution in [0.25, 0.3) is 0 Å². The summed E-state index contributed by atoms with van der Waals surface area (Å²) in [6.07, 6.45) is 6.76. The third-order valence-corrected chi connectivity index (χ3v) is 2.43. The Morgan fingerprint density at radius 1 is 1.61 bits per heavy atom. The Kier molecular flexibility index (Phi) is 4.01. The number of carbonyl (C=O) groups excluding carboxylic acids is 1. The Morgan fingerprint density at radius 3 is 3.17 bits per heavy atom. The maximum absolute atomic E-state index is 11.6. The summed E-state index contributed by atoms with van der Waals surface area (Å²) >= 11 is 0. The van der Waals surface area contributed by atoms with Gasteiger partial charge in [-0.25, -0.2) is 4.79 Å². The Hall–Kier alpha value is -2.24. The van der Waals surface area contributed by atoms with Crippen molar-refractivity contribution in [1.82, 2.24) is 20.4 Å². The molecule has 2 aromatic heterocycles. The minimum atomic E-state index is -0.198. The highest BCUT2D eigenvalue weighted by Gasteiger charge is 2.07. The van der Waals surface area contributed by atoms with Crippen LogP contribution in [-0.2, 0) is 13.1 Å². The molecule has 0 aliphatic rings. The lowest BCUT2D eigenvalue weighted by molar-refractivity contribution is 0.235. The maximum Gasteiger partial charge on any atom is 0.315 e. The zero-order valence-corrected chi connectivity index (χ0v) is 10.2. The van der Waals surface area contributed by atoms with Gasteiger partial charge in [-0.3, -0.25) is 4.68 Å². The molecule has 2 N–H and O–H groups in total. The van der Waals surface area contributed by atoms with Gasteiger partial charge in [0.25, 0.3) is 0 Å². The van der Waals surface area contributed by atoms with E-state index in [0.29, 0.717) is 13.1 Å². The fourth-order valence-corrected chi connectivity index (χ4v) is 1.59. The van der Waals surface area contributed by atoms with Gasteiger partial charge in [0.15, 0.2) is 0 Å². The molecule has 0 bridgehead atoms. The Morgan fingerprint density at radius 2 is 2.50 bits per heavy atom. The summed E-state index contributed by atoms with van der Waals surface area (Å²) in [5.41, 5.74) is 0.935. The molecule has 0 unspecified atom stereocenters. The van der Waals surface area contributed by atoms with E-state index in [-0.39, 0.29) is 12.1 Å². The lowest BCUT2D eigenvalue weighted by Crippen LogP contribution is -2.42. The number of amides is 2. The summed E-state index contributed by atoms with van der Waals surface area (Å²) in [5.74, 6) is 0. The van der Waals surface area contributed by atoms with Crippen molar-refractivity contribution in [2.75, 3.05) is 0 Å². The quantitative estimate of drug-likeness (QED) is 0.839. The van der Waals surface area contributed by atoms with E-state index in [2.05, 4.69) is 15.7 Å². The average molecular weight is 248 g/mol. The molecule has 1 atom stereocenters. The van der Waals surface area contributed by atoms with Crippen LogP contribution in [0.2, 0.25) is 0 Å². The summed E-state index contributed by atoms with van der Waals surface area (Å²) in [6, 6.07) is 3.48. The molecule has 0 aliphatic carbocycles. The number of aromatic nitrogens is 2. The van der Waals surface area contributed by atoms with Crippen LogP contribution in [-0.4, -0.2) is 21.9 Å². The van der Waals surface area contributed by atoms with Crippen LogP contribution in [0.3, 0.4) is 0 Å².